The summed E-state index contributed by atoms with van der Waals surface area (Å²) < 4.78 is 9.93. The molecule has 0 atom stereocenters. The van der Waals surface area contributed by atoms with E-state index in [2.05, 4.69) is 0 Å². The Labute approximate surface area is 138 Å². The Morgan fingerprint density at radius 1 is 1.17 bits per heavy atom. The Hall–Kier alpha value is -3.28. The molecule has 6 nitrogen and oxygen atoms in total. The summed E-state index contributed by atoms with van der Waals surface area (Å²) in [6.45, 7) is -0.518. The fourth-order valence-corrected chi connectivity index (χ4v) is 1.92. The number of carboxylic acids is 1. The van der Waals surface area contributed by atoms with E-state index in [1.807, 2.05) is 0 Å². The van der Waals surface area contributed by atoms with Crippen molar-refractivity contribution in [3.63, 3.8) is 0 Å². The van der Waals surface area contributed by atoms with Crippen molar-refractivity contribution in [2.45, 2.75) is 0 Å². The Kier molecular flexibility index (Phi) is 5.57. The van der Waals surface area contributed by atoms with Crippen molar-refractivity contribution in [2.24, 2.45) is 0 Å². The third-order valence-corrected chi connectivity index (χ3v) is 3.13. The number of hydrogen-bond acceptors (Lipinski definition) is 6. The van der Waals surface area contributed by atoms with Crippen LogP contribution in [-0.4, -0.2) is 30.6 Å². The molecule has 0 unspecified atom stereocenters. The van der Waals surface area contributed by atoms with Gasteiger partial charge in [-0.25, -0.2) is 0 Å². The molecule has 0 fully saturated rings. The lowest BCUT2D eigenvalue weighted by Gasteiger charge is -2.06. The molecule has 0 heterocycles. The van der Waals surface area contributed by atoms with Crippen molar-refractivity contribution in [3.05, 3.63) is 59.7 Å². The summed E-state index contributed by atoms with van der Waals surface area (Å²) in [6.07, 6.45) is 3.01. The van der Waals surface area contributed by atoms with Gasteiger partial charge in [0.15, 0.2) is 17.3 Å². The van der Waals surface area contributed by atoms with Gasteiger partial charge in [-0.05, 0) is 42.0 Å². The molecule has 24 heavy (non-hydrogen) atoms. The van der Waals surface area contributed by atoms with Gasteiger partial charge in [0.25, 0.3) is 0 Å². The van der Waals surface area contributed by atoms with E-state index in [0.717, 1.165) is 5.56 Å². The maximum Gasteiger partial charge on any atom is 0.185 e. The molecule has 2 aromatic rings. The first-order valence-electron chi connectivity index (χ1n) is 7.01. The number of carbonyl (C=O) groups is 2. The van der Waals surface area contributed by atoms with Crippen molar-refractivity contribution in [1.82, 2.24) is 0 Å². The molecule has 0 aliphatic rings. The Morgan fingerprint density at radius 3 is 2.50 bits per heavy atom. The number of phenolic OH excluding ortho intramolecular Hbond substituents is 1. The first kappa shape index (κ1) is 17.1. The third-order valence-electron chi connectivity index (χ3n) is 3.13. The van der Waals surface area contributed by atoms with Crippen molar-refractivity contribution in [2.75, 3.05) is 13.7 Å². The van der Waals surface area contributed by atoms with E-state index in [9.17, 15) is 19.8 Å². The molecular formula is C18H15O6-. The summed E-state index contributed by atoms with van der Waals surface area (Å²) in [5, 5.41) is 19.8. The summed E-state index contributed by atoms with van der Waals surface area (Å²) in [6, 6.07) is 10.9. The summed E-state index contributed by atoms with van der Waals surface area (Å²) in [5.74, 6) is -0.959. The molecule has 0 saturated heterocycles. The summed E-state index contributed by atoms with van der Waals surface area (Å²) >= 11 is 0. The number of hydrogen-bond donors (Lipinski definition) is 1. The molecule has 0 aliphatic heterocycles. The minimum atomic E-state index is -1.30. The van der Waals surface area contributed by atoms with E-state index in [4.69, 9.17) is 9.47 Å². The second-order valence-corrected chi connectivity index (χ2v) is 4.81. The van der Waals surface area contributed by atoms with Gasteiger partial charge in [-0.2, -0.15) is 0 Å². The average Bonchev–Trinajstić information content (AvgIpc) is 2.59. The van der Waals surface area contributed by atoms with Crippen molar-refractivity contribution < 1.29 is 29.3 Å². The Balaban J connectivity index is 2.04. The van der Waals surface area contributed by atoms with Crippen LogP contribution in [0.5, 0.6) is 17.2 Å². The number of phenols is 1. The van der Waals surface area contributed by atoms with Gasteiger partial charge >= 0.3 is 0 Å². The van der Waals surface area contributed by atoms with Gasteiger partial charge in [-0.3, -0.25) is 4.79 Å². The van der Waals surface area contributed by atoms with E-state index in [0.29, 0.717) is 11.3 Å². The number of aromatic hydroxyl groups is 1. The van der Waals surface area contributed by atoms with E-state index in [1.54, 1.807) is 30.3 Å². The molecule has 2 aromatic carbocycles. The number of ether oxygens (including phenoxy) is 2. The molecule has 0 aromatic heterocycles. The van der Waals surface area contributed by atoms with Gasteiger partial charge in [-0.1, -0.05) is 18.2 Å². The van der Waals surface area contributed by atoms with Gasteiger partial charge in [0.05, 0.1) is 13.1 Å². The quantitative estimate of drug-likeness (QED) is 0.610. The van der Waals surface area contributed by atoms with Crippen LogP contribution in [0.4, 0.5) is 0 Å². The Bertz CT molecular complexity index is 762. The number of ketones is 1. The lowest BCUT2D eigenvalue weighted by molar-refractivity contribution is -0.307. The summed E-state index contributed by atoms with van der Waals surface area (Å²) in [4.78, 5) is 22.4. The number of rotatable bonds is 7. The lowest BCUT2D eigenvalue weighted by Crippen LogP contribution is -2.28. The molecule has 0 aliphatic carbocycles. The van der Waals surface area contributed by atoms with Crippen LogP contribution in [0.25, 0.3) is 6.08 Å². The number of aliphatic carboxylic acids is 1. The zero-order chi connectivity index (χ0) is 17.5. The standard InChI is InChI=1S/C18H16O6/c1-23-17-10-13(5-9-16(17)20)15(19)8-4-12-2-6-14(7-3-12)24-11-18(21)22/h2-10,20H,11H2,1H3,(H,21,22)/p-1/b8-4+. The van der Waals surface area contributed by atoms with Crippen molar-refractivity contribution >= 4 is 17.8 Å². The SMILES string of the molecule is COc1cc(C(=O)/C=C/c2ccc(OCC(=O)[O-])cc2)ccc1O. The fourth-order valence-electron chi connectivity index (χ4n) is 1.92. The predicted octanol–water partition coefficient (Wildman–Crippen LogP) is 1.43. The van der Waals surface area contributed by atoms with Gasteiger partial charge in [0, 0.05) is 5.56 Å². The van der Waals surface area contributed by atoms with Gasteiger partial charge < -0.3 is 24.5 Å². The molecule has 0 bridgehead atoms. The second kappa shape index (κ2) is 7.82. The van der Waals surface area contributed by atoms with Gasteiger partial charge in [0.1, 0.15) is 12.4 Å². The zero-order valence-corrected chi connectivity index (χ0v) is 12.9. The topological polar surface area (TPSA) is 95.9 Å². The zero-order valence-electron chi connectivity index (χ0n) is 12.9. The molecular weight excluding hydrogens is 312 g/mol. The average molecular weight is 327 g/mol. The molecule has 0 amide bonds. The smallest absolute Gasteiger partial charge is 0.185 e. The Morgan fingerprint density at radius 2 is 1.88 bits per heavy atom. The van der Waals surface area contributed by atoms with Crippen molar-refractivity contribution in [1.29, 1.82) is 0 Å². The highest BCUT2D eigenvalue weighted by Crippen LogP contribution is 2.26. The fraction of sp³-hybridized carbons (Fsp3) is 0.111. The third kappa shape index (κ3) is 4.61. The number of methoxy groups -OCH3 is 1. The van der Waals surface area contributed by atoms with Crippen LogP contribution >= 0.6 is 0 Å². The van der Waals surface area contributed by atoms with Crippen LogP contribution in [0.2, 0.25) is 0 Å². The minimum absolute atomic E-state index is 0.0369. The van der Waals surface area contributed by atoms with Crippen LogP contribution in [0.15, 0.2) is 48.5 Å². The van der Waals surface area contributed by atoms with E-state index in [1.165, 1.54) is 31.4 Å². The van der Waals surface area contributed by atoms with Gasteiger partial charge in [-0.15, -0.1) is 0 Å². The van der Waals surface area contributed by atoms with Crippen LogP contribution in [0, 0.1) is 0 Å². The van der Waals surface area contributed by atoms with Crippen LogP contribution in [0.1, 0.15) is 15.9 Å². The summed E-state index contributed by atoms with van der Waals surface area (Å²) in [5.41, 5.74) is 1.13. The number of benzene rings is 2. The molecule has 0 spiro atoms. The largest absolute Gasteiger partial charge is 0.546 e. The monoisotopic (exact) mass is 327 g/mol. The van der Waals surface area contributed by atoms with E-state index in [-0.39, 0.29) is 17.3 Å². The van der Waals surface area contributed by atoms with Crippen LogP contribution < -0.4 is 14.6 Å². The highest BCUT2D eigenvalue weighted by molar-refractivity contribution is 6.07. The van der Waals surface area contributed by atoms with Gasteiger partial charge in [0.2, 0.25) is 0 Å². The van der Waals surface area contributed by atoms with Crippen LogP contribution in [-0.2, 0) is 4.79 Å². The van der Waals surface area contributed by atoms with Crippen molar-refractivity contribution in [3.8, 4) is 17.2 Å². The molecule has 1 N–H and O–H groups in total. The molecule has 0 saturated carbocycles. The lowest BCUT2D eigenvalue weighted by atomic mass is 10.1. The summed E-state index contributed by atoms with van der Waals surface area (Å²) in [7, 11) is 1.41. The van der Waals surface area contributed by atoms with Crippen LogP contribution in [0.3, 0.4) is 0 Å². The maximum absolute atomic E-state index is 12.1. The molecule has 2 rings (SSSR count). The highest BCUT2D eigenvalue weighted by Gasteiger charge is 2.07. The number of allylic oxidation sites excluding steroid dienone is 1. The molecule has 0 radical (unpaired) electrons. The van der Waals surface area contributed by atoms with E-state index < -0.39 is 12.6 Å². The first-order valence-corrected chi connectivity index (χ1v) is 7.01. The highest BCUT2D eigenvalue weighted by atomic mass is 16.5. The number of carbonyl (C=O) groups excluding carboxylic acids is 2. The van der Waals surface area contributed by atoms with E-state index >= 15 is 0 Å². The first-order chi connectivity index (χ1) is 11.5. The maximum atomic E-state index is 12.1. The minimum Gasteiger partial charge on any atom is -0.546 e. The molecule has 124 valence electrons. The second-order valence-electron chi connectivity index (χ2n) is 4.81. The predicted molar refractivity (Wildman–Crippen MR) is 85.0 cm³/mol. The number of carboxylic acid groups (broad SMARTS) is 1. The molecule has 6 heteroatoms. The normalized spacial score (nSPS) is 10.5.